The third-order valence-corrected chi connectivity index (χ3v) is 4.24. The average Bonchev–Trinajstić information content (AvgIpc) is 2.72. The van der Waals surface area contributed by atoms with Crippen molar-refractivity contribution in [2.75, 3.05) is 0 Å². The second-order valence-corrected chi connectivity index (χ2v) is 6.17. The molecule has 1 N–H and O–H groups in total. The summed E-state index contributed by atoms with van der Waals surface area (Å²) in [6.07, 6.45) is 3.25. The van der Waals surface area contributed by atoms with Crippen molar-refractivity contribution in [1.82, 2.24) is 14.5 Å². The number of nitrogens with zero attached hydrogens (tertiary/aromatic N) is 3. The Hall–Kier alpha value is -3.58. The molecular formula is C21H16FN3O3. The molecule has 6 nitrogen and oxygen atoms in total. The molecular weight excluding hydrogens is 361 g/mol. The molecule has 0 saturated heterocycles. The number of aromatic nitrogens is 3. The molecule has 0 aliphatic heterocycles. The zero-order valence-corrected chi connectivity index (χ0v) is 14.7. The lowest BCUT2D eigenvalue weighted by atomic mass is 10.2. The Balaban J connectivity index is 1.56. The smallest absolute Gasteiger partial charge is 0.258 e. The number of rotatable bonds is 5. The zero-order chi connectivity index (χ0) is 19.5. The van der Waals surface area contributed by atoms with E-state index in [9.17, 15) is 9.18 Å². The standard InChI is InChI=1S/C21H16FN3O3/c22-16-3-1-14(2-4-16)13-28-18-7-8-25(21(27)10-18)17-5-6-19-15(9-17)11-23-20(12-26)24-19/h1-11,26H,12-13H2. The monoisotopic (exact) mass is 377 g/mol. The molecule has 4 aromatic rings. The van der Waals surface area contributed by atoms with Gasteiger partial charge < -0.3 is 9.84 Å². The molecule has 0 spiro atoms. The number of hydrogen-bond acceptors (Lipinski definition) is 5. The number of aliphatic hydroxyl groups excluding tert-OH is 1. The SMILES string of the molecule is O=c1cc(OCc2ccc(F)cc2)ccn1-c1ccc2nc(CO)ncc2c1. The highest BCUT2D eigenvalue weighted by Gasteiger charge is 2.06. The average molecular weight is 377 g/mol. The second-order valence-electron chi connectivity index (χ2n) is 6.17. The highest BCUT2D eigenvalue weighted by Crippen LogP contribution is 2.17. The number of ether oxygens (including phenoxy) is 1. The summed E-state index contributed by atoms with van der Waals surface area (Å²) in [6.45, 7) is 0.0147. The van der Waals surface area contributed by atoms with Gasteiger partial charge in [-0.15, -0.1) is 0 Å². The Bertz CT molecular complexity index is 1190. The molecule has 0 aliphatic carbocycles. The lowest BCUT2D eigenvalue weighted by Gasteiger charge is -2.10. The van der Waals surface area contributed by atoms with E-state index in [1.807, 2.05) is 0 Å². The fourth-order valence-electron chi connectivity index (χ4n) is 2.80. The summed E-state index contributed by atoms with van der Waals surface area (Å²) in [4.78, 5) is 20.8. The van der Waals surface area contributed by atoms with Crippen LogP contribution in [-0.2, 0) is 13.2 Å². The number of fused-ring (bicyclic) bond motifs is 1. The van der Waals surface area contributed by atoms with Gasteiger partial charge in [-0.1, -0.05) is 12.1 Å². The van der Waals surface area contributed by atoms with Gasteiger partial charge in [-0.05, 0) is 42.0 Å². The number of halogens is 1. The minimum Gasteiger partial charge on any atom is -0.489 e. The highest BCUT2D eigenvalue weighted by atomic mass is 19.1. The lowest BCUT2D eigenvalue weighted by Crippen LogP contribution is -2.16. The normalized spacial score (nSPS) is 10.9. The van der Waals surface area contributed by atoms with Gasteiger partial charge in [0, 0.05) is 29.5 Å². The minimum atomic E-state index is -0.306. The van der Waals surface area contributed by atoms with Gasteiger partial charge in [-0.25, -0.2) is 14.4 Å². The van der Waals surface area contributed by atoms with Gasteiger partial charge in [-0.2, -0.15) is 0 Å². The van der Waals surface area contributed by atoms with Crippen molar-refractivity contribution in [3.05, 3.63) is 94.5 Å². The predicted molar refractivity (Wildman–Crippen MR) is 102 cm³/mol. The molecule has 4 rings (SSSR count). The van der Waals surface area contributed by atoms with Gasteiger partial charge in [0.2, 0.25) is 0 Å². The third kappa shape index (κ3) is 3.74. The molecule has 0 fully saturated rings. The van der Waals surface area contributed by atoms with E-state index >= 15 is 0 Å². The summed E-state index contributed by atoms with van der Waals surface area (Å²) < 4.78 is 20.1. The summed E-state index contributed by atoms with van der Waals surface area (Å²) in [6, 6.07) is 14.4. The predicted octanol–water partition coefficient (Wildman–Crippen LogP) is 2.99. The highest BCUT2D eigenvalue weighted by molar-refractivity contribution is 5.80. The van der Waals surface area contributed by atoms with Crippen LogP contribution in [0.15, 0.2) is 71.8 Å². The van der Waals surface area contributed by atoms with E-state index in [1.165, 1.54) is 22.8 Å². The van der Waals surface area contributed by atoms with Crippen molar-refractivity contribution in [2.45, 2.75) is 13.2 Å². The van der Waals surface area contributed by atoms with Crippen LogP contribution in [0.3, 0.4) is 0 Å². The maximum absolute atomic E-state index is 12.9. The van der Waals surface area contributed by atoms with Crippen molar-refractivity contribution in [3.8, 4) is 11.4 Å². The fourth-order valence-corrected chi connectivity index (χ4v) is 2.80. The molecule has 0 unspecified atom stereocenters. The first-order chi connectivity index (χ1) is 13.6. The maximum Gasteiger partial charge on any atom is 0.258 e. The van der Waals surface area contributed by atoms with Crippen molar-refractivity contribution in [1.29, 1.82) is 0 Å². The van der Waals surface area contributed by atoms with Gasteiger partial charge in [0.05, 0.1) is 5.52 Å². The van der Waals surface area contributed by atoms with Crippen LogP contribution in [0.25, 0.3) is 16.6 Å². The van der Waals surface area contributed by atoms with Crippen LogP contribution in [-0.4, -0.2) is 19.6 Å². The largest absolute Gasteiger partial charge is 0.489 e. The van der Waals surface area contributed by atoms with Gasteiger partial charge in [0.15, 0.2) is 5.82 Å². The quantitative estimate of drug-likeness (QED) is 0.579. The molecule has 0 bridgehead atoms. The Kier molecular flexibility index (Phi) is 4.82. The number of hydrogen-bond donors (Lipinski definition) is 1. The molecule has 2 aromatic carbocycles. The van der Waals surface area contributed by atoms with Crippen LogP contribution in [0.5, 0.6) is 5.75 Å². The third-order valence-electron chi connectivity index (χ3n) is 4.24. The molecule has 0 amide bonds. The Morgan fingerprint density at radius 2 is 1.89 bits per heavy atom. The summed E-state index contributed by atoms with van der Waals surface area (Å²) in [5, 5.41) is 9.88. The van der Waals surface area contributed by atoms with Crippen molar-refractivity contribution >= 4 is 10.9 Å². The summed E-state index contributed by atoms with van der Waals surface area (Å²) >= 11 is 0. The first-order valence-corrected chi connectivity index (χ1v) is 8.59. The van der Waals surface area contributed by atoms with Crippen LogP contribution in [0.1, 0.15) is 11.4 Å². The summed E-state index contributed by atoms with van der Waals surface area (Å²) in [5.74, 6) is 0.474. The fraction of sp³-hybridized carbons (Fsp3) is 0.0952. The zero-order valence-electron chi connectivity index (χ0n) is 14.7. The number of benzene rings is 2. The topological polar surface area (TPSA) is 77.2 Å². The van der Waals surface area contributed by atoms with E-state index in [-0.39, 0.29) is 24.6 Å². The number of aliphatic hydroxyl groups is 1. The van der Waals surface area contributed by atoms with E-state index in [2.05, 4.69) is 9.97 Å². The van der Waals surface area contributed by atoms with Gasteiger partial charge in [0.25, 0.3) is 5.56 Å². The van der Waals surface area contributed by atoms with E-state index in [1.54, 1.807) is 48.8 Å². The van der Waals surface area contributed by atoms with E-state index in [0.717, 1.165) is 10.9 Å². The van der Waals surface area contributed by atoms with Crippen LogP contribution in [0, 0.1) is 5.82 Å². The van der Waals surface area contributed by atoms with E-state index < -0.39 is 0 Å². The van der Waals surface area contributed by atoms with Gasteiger partial charge >= 0.3 is 0 Å². The molecule has 0 radical (unpaired) electrons. The maximum atomic E-state index is 12.9. The second kappa shape index (κ2) is 7.58. The molecule has 7 heteroatoms. The summed E-state index contributed by atoms with van der Waals surface area (Å²) in [7, 11) is 0. The van der Waals surface area contributed by atoms with Crippen LogP contribution in [0.4, 0.5) is 4.39 Å². The minimum absolute atomic E-state index is 0.226. The molecule has 2 heterocycles. The number of pyridine rings is 1. The van der Waals surface area contributed by atoms with Crippen molar-refractivity contribution in [2.24, 2.45) is 0 Å². The Labute approximate surface area is 159 Å². The van der Waals surface area contributed by atoms with Crippen LogP contribution < -0.4 is 10.3 Å². The van der Waals surface area contributed by atoms with E-state index in [4.69, 9.17) is 9.84 Å². The Morgan fingerprint density at radius 3 is 2.64 bits per heavy atom. The molecule has 0 aliphatic rings. The van der Waals surface area contributed by atoms with Gasteiger partial charge in [0.1, 0.15) is 24.8 Å². The van der Waals surface area contributed by atoms with Crippen molar-refractivity contribution < 1.29 is 14.2 Å². The Morgan fingerprint density at radius 1 is 1.07 bits per heavy atom. The molecule has 28 heavy (non-hydrogen) atoms. The lowest BCUT2D eigenvalue weighted by molar-refractivity contribution is 0.272. The molecule has 2 aromatic heterocycles. The van der Waals surface area contributed by atoms with Crippen molar-refractivity contribution in [3.63, 3.8) is 0 Å². The molecule has 140 valence electrons. The molecule has 0 atom stereocenters. The van der Waals surface area contributed by atoms with Crippen LogP contribution in [0.2, 0.25) is 0 Å². The van der Waals surface area contributed by atoms with Crippen LogP contribution >= 0.6 is 0 Å². The molecule has 0 saturated carbocycles. The van der Waals surface area contributed by atoms with Gasteiger partial charge in [-0.3, -0.25) is 9.36 Å². The first-order valence-electron chi connectivity index (χ1n) is 8.59. The van der Waals surface area contributed by atoms with E-state index in [0.29, 0.717) is 22.8 Å². The summed E-state index contributed by atoms with van der Waals surface area (Å²) in [5.41, 5.74) is 1.92. The first kappa shape index (κ1) is 17.8.